The van der Waals surface area contributed by atoms with Gasteiger partial charge in [0.15, 0.2) is 5.16 Å². The first-order valence-corrected chi connectivity index (χ1v) is 9.31. The molecule has 2 heterocycles. The smallest absolute Gasteiger partial charge is 0.324 e. The highest BCUT2D eigenvalue weighted by atomic mass is 32.2. The van der Waals surface area contributed by atoms with Gasteiger partial charge >= 0.3 is 12.1 Å². The van der Waals surface area contributed by atoms with Crippen LogP contribution in [0.2, 0.25) is 0 Å². The predicted molar refractivity (Wildman–Crippen MR) is 103 cm³/mol. The van der Waals surface area contributed by atoms with Crippen LogP contribution >= 0.6 is 11.8 Å². The Morgan fingerprint density at radius 2 is 2.15 bits per heavy atom. The van der Waals surface area contributed by atoms with Crippen LogP contribution in [-0.2, 0) is 7.05 Å². The molecule has 0 saturated carbocycles. The molecule has 138 valence electrons. The molecule has 1 aromatic heterocycles. The van der Waals surface area contributed by atoms with Crippen molar-refractivity contribution in [1.29, 1.82) is 0 Å². The zero-order valence-corrected chi connectivity index (χ0v) is 15.6. The van der Waals surface area contributed by atoms with E-state index in [2.05, 4.69) is 15.6 Å². The fraction of sp³-hybridized carbons (Fsp3) is 0.353. The van der Waals surface area contributed by atoms with Crippen LogP contribution in [0.1, 0.15) is 0 Å². The number of anilines is 2. The lowest BCUT2D eigenvalue weighted by Gasteiger charge is -2.17. The Labute approximate surface area is 156 Å². The minimum atomic E-state index is -0.271. The largest absolute Gasteiger partial charge is 0.337 e. The molecule has 26 heavy (non-hydrogen) atoms. The molecule has 1 fully saturated rings. The number of amides is 4. The molecule has 1 saturated heterocycles. The lowest BCUT2D eigenvalue weighted by atomic mass is 10.2. The summed E-state index contributed by atoms with van der Waals surface area (Å²) in [5.74, 6) is 0.729. The maximum Gasteiger partial charge on any atom is 0.324 e. The first-order chi connectivity index (χ1) is 12.5. The summed E-state index contributed by atoms with van der Waals surface area (Å²) in [6.45, 7) is 1.87. The van der Waals surface area contributed by atoms with E-state index in [4.69, 9.17) is 0 Å². The Bertz CT molecular complexity index is 793. The lowest BCUT2D eigenvalue weighted by Crippen LogP contribution is -2.31. The van der Waals surface area contributed by atoms with E-state index in [0.717, 1.165) is 16.6 Å². The first kappa shape index (κ1) is 18.1. The zero-order valence-electron chi connectivity index (χ0n) is 14.8. The Hall–Kier alpha value is -2.68. The van der Waals surface area contributed by atoms with Gasteiger partial charge in [0.05, 0.1) is 0 Å². The van der Waals surface area contributed by atoms with Gasteiger partial charge in [-0.05, 0) is 18.2 Å². The molecule has 9 heteroatoms. The number of benzene rings is 1. The molecule has 2 N–H and O–H groups in total. The fourth-order valence-corrected chi connectivity index (χ4v) is 3.40. The van der Waals surface area contributed by atoms with Crippen molar-refractivity contribution in [2.24, 2.45) is 7.05 Å². The zero-order chi connectivity index (χ0) is 18.5. The number of carbonyl (C=O) groups excluding carboxylic acids is 2. The highest BCUT2D eigenvalue weighted by Crippen LogP contribution is 2.23. The number of imidazole rings is 1. The second-order valence-corrected chi connectivity index (χ2v) is 7.02. The van der Waals surface area contributed by atoms with Gasteiger partial charge in [0.1, 0.15) is 0 Å². The summed E-state index contributed by atoms with van der Waals surface area (Å²) in [6.07, 6.45) is 3.64. The number of hydrogen-bond donors (Lipinski definition) is 2. The van der Waals surface area contributed by atoms with Crippen molar-refractivity contribution in [1.82, 2.24) is 19.8 Å². The van der Waals surface area contributed by atoms with Gasteiger partial charge in [0.2, 0.25) is 0 Å². The molecule has 3 rings (SSSR count). The molecule has 0 atom stereocenters. The van der Waals surface area contributed by atoms with Gasteiger partial charge in [0, 0.05) is 63.3 Å². The van der Waals surface area contributed by atoms with Gasteiger partial charge in [-0.15, -0.1) is 0 Å². The van der Waals surface area contributed by atoms with Crippen LogP contribution < -0.4 is 15.5 Å². The van der Waals surface area contributed by atoms with Crippen LogP contribution in [0.15, 0.2) is 41.8 Å². The third-order valence-corrected chi connectivity index (χ3v) is 5.09. The molecule has 1 aromatic carbocycles. The van der Waals surface area contributed by atoms with Crippen LogP contribution in [-0.4, -0.2) is 58.9 Å². The Morgan fingerprint density at radius 1 is 1.31 bits per heavy atom. The van der Waals surface area contributed by atoms with E-state index in [1.54, 1.807) is 46.9 Å². The highest BCUT2D eigenvalue weighted by molar-refractivity contribution is 7.99. The third-order valence-electron chi connectivity index (χ3n) is 4.03. The van der Waals surface area contributed by atoms with E-state index in [1.165, 1.54) is 0 Å². The Morgan fingerprint density at radius 3 is 2.85 bits per heavy atom. The van der Waals surface area contributed by atoms with Crippen LogP contribution in [0.25, 0.3) is 0 Å². The molecule has 0 bridgehead atoms. The van der Waals surface area contributed by atoms with Crippen molar-refractivity contribution in [2.75, 3.05) is 42.7 Å². The highest BCUT2D eigenvalue weighted by Gasteiger charge is 2.26. The summed E-state index contributed by atoms with van der Waals surface area (Å²) in [6, 6.07) is 7.00. The number of nitrogens with one attached hydrogen (secondary N) is 2. The number of thioether (sulfide) groups is 1. The van der Waals surface area contributed by atoms with E-state index >= 15 is 0 Å². The van der Waals surface area contributed by atoms with Crippen molar-refractivity contribution in [3.63, 3.8) is 0 Å². The third kappa shape index (κ3) is 4.29. The van der Waals surface area contributed by atoms with Gasteiger partial charge in [-0.2, -0.15) is 0 Å². The number of aromatic nitrogens is 2. The first-order valence-electron chi connectivity index (χ1n) is 8.32. The van der Waals surface area contributed by atoms with Crippen LogP contribution in [0.5, 0.6) is 0 Å². The topological polar surface area (TPSA) is 82.5 Å². The molecule has 0 aliphatic carbocycles. The molecular weight excluding hydrogens is 352 g/mol. The van der Waals surface area contributed by atoms with Crippen LogP contribution in [0, 0.1) is 0 Å². The normalized spacial score (nSPS) is 14.0. The van der Waals surface area contributed by atoms with Gasteiger partial charge in [-0.3, -0.25) is 4.90 Å². The fourth-order valence-electron chi connectivity index (χ4n) is 2.61. The summed E-state index contributed by atoms with van der Waals surface area (Å²) in [7, 11) is 3.71. The van der Waals surface area contributed by atoms with E-state index in [0.29, 0.717) is 25.3 Å². The predicted octanol–water partition coefficient (Wildman–Crippen LogP) is 2.21. The Balaban J connectivity index is 1.48. The molecule has 0 unspecified atom stereocenters. The second-order valence-electron chi connectivity index (χ2n) is 5.96. The van der Waals surface area contributed by atoms with Gasteiger partial charge in [0.25, 0.3) is 0 Å². The van der Waals surface area contributed by atoms with E-state index in [-0.39, 0.29) is 12.1 Å². The van der Waals surface area contributed by atoms with Crippen molar-refractivity contribution >= 4 is 35.2 Å². The summed E-state index contributed by atoms with van der Waals surface area (Å²) in [5.41, 5.74) is 1.43. The molecule has 0 spiro atoms. The SMILES string of the molecule is CN1CCN(c2cccc(NC(=O)NCCSc3nccn3C)c2)C1=O. The maximum atomic E-state index is 12.1. The van der Waals surface area contributed by atoms with Crippen molar-refractivity contribution in [2.45, 2.75) is 5.16 Å². The number of urea groups is 2. The quantitative estimate of drug-likeness (QED) is 0.600. The molecule has 1 aliphatic rings. The monoisotopic (exact) mass is 374 g/mol. The number of nitrogens with zero attached hydrogens (tertiary/aromatic N) is 4. The lowest BCUT2D eigenvalue weighted by molar-refractivity contribution is 0.229. The second kappa shape index (κ2) is 8.13. The van der Waals surface area contributed by atoms with E-state index in [9.17, 15) is 9.59 Å². The van der Waals surface area contributed by atoms with E-state index < -0.39 is 0 Å². The maximum absolute atomic E-state index is 12.1. The standard InChI is InChI=1S/C17H22N6O2S/c1-21-8-6-19-16(21)26-11-7-18-15(24)20-13-4-3-5-14(12-13)23-10-9-22(2)17(23)25/h3-6,8,12H,7,9-11H2,1-2H3,(H2,18,20,24). The van der Waals surface area contributed by atoms with Crippen LogP contribution in [0.4, 0.5) is 21.0 Å². The van der Waals surface area contributed by atoms with Crippen LogP contribution in [0.3, 0.4) is 0 Å². The minimum absolute atomic E-state index is 0.0297. The molecule has 1 aliphatic heterocycles. The molecular formula is C17H22N6O2S. The van der Waals surface area contributed by atoms with E-state index in [1.807, 2.05) is 29.9 Å². The molecule has 2 aromatic rings. The minimum Gasteiger partial charge on any atom is -0.337 e. The molecule has 8 nitrogen and oxygen atoms in total. The van der Waals surface area contributed by atoms with Crippen molar-refractivity contribution in [3.05, 3.63) is 36.7 Å². The summed E-state index contributed by atoms with van der Waals surface area (Å²) in [4.78, 5) is 31.7. The summed E-state index contributed by atoms with van der Waals surface area (Å²) in [5, 5.41) is 6.54. The van der Waals surface area contributed by atoms with Gasteiger partial charge in [-0.1, -0.05) is 17.8 Å². The Kier molecular flexibility index (Phi) is 5.67. The average Bonchev–Trinajstić information content (AvgIpc) is 3.18. The number of carbonyl (C=O) groups is 2. The number of aryl methyl sites for hydroxylation is 1. The van der Waals surface area contributed by atoms with Gasteiger partial charge in [-0.25, -0.2) is 14.6 Å². The number of likely N-dealkylation sites (N-methyl/N-ethyl adjacent to an activating group) is 1. The molecule has 0 radical (unpaired) electrons. The summed E-state index contributed by atoms with van der Waals surface area (Å²) < 4.78 is 1.94. The number of rotatable bonds is 6. The average molecular weight is 374 g/mol. The molecule has 4 amide bonds. The summed E-state index contributed by atoms with van der Waals surface area (Å²) >= 11 is 1.58. The van der Waals surface area contributed by atoms with Gasteiger partial charge < -0.3 is 20.1 Å². The van der Waals surface area contributed by atoms with Crippen molar-refractivity contribution < 1.29 is 9.59 Å². The number of hydrogen-bond acceptors (Lipinski definition) is 4. The van der Waals surface area contributed by atoms with Crippen molar-refractivity contribution in [3.8, 4) is 0 Å².